The normalized spacial score (nSPS) is 19.6. The van der Waals surface area contributed by atoms with Crippen molar-refractivity contribution < 1.29 is 9.90 Å². The van der Waals surface area contributed by atoms with Crippen molar-refractivity contribution in [1.82, 2.24) is 14.9 Å². The van der Waals surface area contributed by atoms with Crippen LogP contribution in [-0.2, 0) is 4.79 Å². The number of hydrogen-bond acceptors (Lipinski definition) is 6. The van der Waals surface area contributed by atoms with Crippen molar-refractivity contribution >= 4 is 33.3 Å². The highest BCUT2D eigenvalue weighted by atomic mass is 32.1. The molecule has 1 aliphatic rings. The Morgan fingerprint density at radius 1 is 1.38 bits per heavy atom. The Morgan fingerprint density at radius 3 is 2.96 bits per heavy atom. The molecule has 3 aromatic rings. The standard InChI is InChI=1S/C19H16N4O2S/c1-23-10-8-19(25,18(23)24)7-5-12-3-2-4-13(11-12)17-22-15-14(26-17)6-9-21-16(15)20/h2-4,6,9,11,25H,8,10H2,1H3,(H2,20,21). The second-order valence-electron chi connectivity index (χ2n) is 6.23. The van der Waals surface area contributed by atoms with Crippen molar-refractivity contribution in [3.05, 3.63) is 42.1 Å². The fourth-order valence-corrected chi connectivity index (χ4v) is 3.84. The number of pyridine rings is 1. The third-order valence-corrected chi connectivity index (χ3v) is 5.44. The highest BCUT2D eigenvalue weighted by Crippen LogP contribution is 2.32. The summed E-state index contributed by atoms with van der Waals surface area (Å²) in [6.45, 7) is 0.505. The number of aliphatic hydroxyl groups is 1. The van der Waals surface area contributed by atoms with E-state index in [1.807, 2.05) is 30.3 Å². The quantitative estimate of drug-likeness (QED) is 0.643. The minimum Gasteiger partial charge on any atom is -0.382 e. The van der Waals surface area contributed by atoms with E-state index in [4.69, 9.17) is 5.73 Å². The number of amides is 1. The van der Waals surface area contributed by atoms with Crippen molar-refractivity contribution in [1.29, 1.82) is 0 Å². The summed E-state index contributed by atoms with van der Waals surface area (Å²) < 4.78 is 0.970. The highest BCUT2D eigenvalue weighted by Gasteiger charge is 2.42. The molecule has 0 radical (unpaired) electrons. The van der Waals surface area contributed by atoms with E-state index in [0.29, 0.717) is 29.9 Å². The summed E-state index contributed by atoms with van der Waals surface area (Å²) in [6, 6.07) is 9.43. The van der Waals surface area contributed by atoms with Gasteiger partial charge >= 0.3 is 0 Å². The van der Waals surface area contributed by atoms with Gasteiger partial charge in [0.05, 0.1) is 4.70 Å². The number of fused-ring (bicyclic) bond motifs is 1. The van der Waals surface area contributed by atoms with Crippen LogP contribution < -0.4 is 5.73 Å². The lowest BCUT2D eigenvalue weighted by atomic mass is 10.0. The van der Waals surface area contributed by atoms with Gasteiger partial charge in [0.2, 0.25) is 5.60 Å². The largest absolute Gasteiger partial charge is 0.382 e. The number of carbonyl (C=O) groups excluding carboxylic acids is 1. The van der Waals surface area contributed by atoms with Crippen LogP contribution in [0.15, 0.2) is 36.5 Å². The Balaban J connectivity index is 1.68. The molecule has 0 saturated carbocycles. The monoisotopic (exact) mass is 364 g/mol. The van der Waals surface area contributed by atoms with Gasteiger partial charge in [0, 0.05) is 37.3 Å². The van der Waals surface area contributed by atoms with Gasteiger partial charge in [-0.15, -0.1) is 11.3 Å². The van der Waals surface area contributed by atoms with Gasteiger partial charge < -0.3 is 15.7 Å². The molecule has 1 aliphatic heterocycles. The van der Waals surface area contributed by atoms with Crippen molar-refractivity contribution in [2.45, 2.75) is 12.0 Å². The van der Waals surface area contributed by atoms with E-state index in [0.717, 1.165) is 15.3 Å². The maximum Gasteiger partial charge on any atom is 0.267 e. The van der Waals surface area contributed by atoms with E-state index in [1.54, 1.807) is 13.2 Å². The van der Waals surface area contributed by atoms with Gasteiger partial charge in [0.1, 0.15) is 10.5 Å². The van der Waals surface area contributed by atoms with Crippen molar-refractivity contribution in [2.24, 2.45) is 0 Å². The number of likely N-dealkylation sites (tertiary alicyclic amines) is 1. The number of thiazole rings is 1. The first kappa shape index (κ1) is 16.5. The fourth-order valence-electron chi connectivity index (χ4n) is 2.87. The number of anilines is 1. The zero-order valence-corrected chi connectivity index (χ0v) is 14.9. The molecule has 6 nitrogen and oxygen atoms in total. The van der Waals surface area contributed by atoms with E-state index in [-0.39, 0.29) is 5.91 Å². The molecule has 2 aromatic heterocycles. The molecule has 130 valence electrons. The molecule has 0 bridgehead atoms. The summed E-state index contributed by atoms with van der Waals surface area (Å²) in [4.78, 5) is 22.1. The third-order valence-electron chi connectivity index (χ3n) is 4.37. The minimum atomic E-state index is -1.60. The number of nitrogen functional groups attached to an aromatic ring is 1. The van der Waals surface area contributed by atoms with Gasteiger partial charge in [0.15, 0.2) is 5.82 Å². The molecule has 3 N–H and O–H groups in total. The number of rotatable bonds is 1. The van der Waals surface area contributed by atoms with Crippen LogP contribution in [-0.4, -0.2) is 45.1 Å². The molecule has 1 aromatic carbocycles. The summed E-state index contributed by atoms with van der Waals surface area (Å²) in [5, 5.41) is 11.2. The van der Waals surface area contributed by atoms with Gasteiger partial charge in [-0.25, -0.2) is 9.97 Å². The number of nitrogens with two attached hydrogens (primary N) is 1. The SMILES string of the molecule is CN1CCC(O)(C#Cc2cccc(-c3nc4c(N)nccc4s3)c2)C1=O. The molecule has 1 fully saturated rings. The molecule has 3 heterocycles. The Hall–Kier alpha value is -2.95. The third kappa shape index (κ3) is 2.79. The van der Waals surface area contributed by atoms with E-state index >= 15 is 0 Å². The lowest BCUT2D eigenvalue weighted by Gasteiger charge is -2.13. The smallest absolute Gasteiger partial charge is 0.267 e. The van der Waals surface area contributed by atoms with Gasteiger partial charge in [0.25, 0.3) is 5.91 Å². The zero-order chi connectivity index (χ0) is 18.3. The molecule has 1 amide bonds. The van der Waals surface area contributed by atoms with Crippen LogP contribution in [0.25, 0.3) is 20.8 Å². The molecule has 1 atom stereocenters. The molecule has 0 aliphatic carbocycles. The first-order valence-corrected chi connectivity index (χ1v) is 8.90. The molecular weight excluding hydrogens is 348 g/mol. The predicted octanol–water partition coefficient (Wildman–Crippen LogP) is 1.89. The Kier molecular flexibility index (Phi) is 3.87. The van der Waals surface area contributed by atoms with Crippen LogP contribution >= 0.6 is 11.3 Å². The summed E-state index contributed by atoms with van der Waals surface area (Å²) in [6.07, 6.45) is 1.98. The number of benzene rings is 1. The van der Waals surface area contributed by atoms with Crippen LogP contribution in [0.5, 0.6) is 0 Å². The van der Waals surface area contributed by atoms with Crippen LogP contribution in [0.2, 0.25) is 0 Å². The molecule has 4 rings (SSSR count). The summed E-state index contributed by atoms with van der Waals surface area (Å²) >= 11 is 1.53. The Bertz CT molecular complexity index is 1080. The van der Waals surface area contributed by atoms with E-state index < -0.39 is 5.60 Å². The van der Waals surface area contributed by atoms with Gasteiger partial charge in [-0.3, -0.25) is 4.79 Å². The second-order valence-corrected chi connectivity index (χ2v) is 7.26. The van der Waals surface area contributed by atoms with Crippen molar-refractivity contribution in [3.8, 4) is 22.4 Å². The molecule has 7 heteroatoms. The van der Waals surface area contributed by atoms with E-state index in [2.05, 4.69) is 21.8 Å². The Labute approximate surface area is 154 Å². The van der Waals surface area contributed by atoms with E-state index in [1.165, 1.54) is 16.2 Å². The number of nitrogens with zero attached hydrogens (tertiary/aromatic N) is 3. The van der Waals surface area contributed by atoms with Gasteiger partial charge in [-0.05, 0) is 18.2 Å². The first-order valence-electron chi connectivity index (χ1n) is 8.09. The van der Waals surface area contributed by atoms with Crippen LogP contribution in [0.4, 0.5) is 5.82 Å². The maximum atomic E-state index is 12.0. The zero-order valence-electron chi connectivity index (χ0n) is 14.1. The molecule has 0 spiro atoms. The van der Waals surface area contributed by atoms with Gasteiger partial charge in [-0.2, -0.15) is 0 Å². The maximum absolute atomic E-state index is 12.0. The van der Waals surface area contributed by atoms with Crippen LogP contribution in [0, 0.1) is 11.8 Å². The average molecular weight is 364 g/mol. The van der Waals surface area contributed by atoms with Crippen molar-refractivity contribution in [3.63, 3.8) is 0 Å². The number of aromatic nitrogens is 2. The van der Waals surface area contributed by atoms with Crippen LogP contribution in [0.3, 0.4) is 0 Å². The fraction of sp³-hybridized carbons (Fsp3) is 0.211. The number of carbonyl (C=O) groups is 1. The Morgan fingerprint density at radius 2 is 2.23 bits per heavy atom. The summed E-state index contributed by atoms with van der Waals surface area (Å²) in [5.74, 6) is 5.72. The molecule has 1 unspecified atom stereocenters. The summed E-state index contributed by atoms with van der Waals surface area (Å²) in [5.41, 5.74) is 6.59. The summed E-state index contributed by atoms with van der Waals surface area (Å²) in [7, 11) is 1.66. The molecule has 1 saturated heterocycles. The van der Waals surface area contributed by atoms with E-state index in [9.17, 15) is 9.90 Å². The topological polar surface area (TPSA) is 92.3 Å². The highest BCUT2D eigenvalue weighted by molar-refractivity contribution is 7.21. The van der Waals surface area contributed by atoms with Crippen LogP contribution in [0.1, 0.15) is 12.0 Å². The van der Waals surface area contributed by atoms with Crippen molar-refractivity contribution in [2.75, 3.05) is 19.3 Å². The number of likely N-dealkylation sites (N-methyl/N-ethyl adjacent to an activating group) is 1. The van der Waals surface area contributed by atoms with Gasteiger partial charge in [-0.1, -0.05) is 24.0 Å². The second kappa shape index (κ2) is 6.09. The lowest BCUT2D eigenvalue weighted by Crippen LogP contribution is -2.37. The molecular formula is C19H16N4O2S. The average Bonchev–Trinajstić information content (AvgIpc) is 3.19. The lowest BCUT2D eigenvalue weighted by molar-refractivity contribution is -0.137. The number of hydrogen-bond donors (Lipinski definition) is 2. The minimum absolute atomic E-state index is 0.319. The molecule has 26 heavy (non-hydrogen) atoms. The predicted molar refractivity (Wildman–Crippen MR) is 101 cm³/mol. The first-order chi connectivity index (χ1) is 12.5.